The van der Waals surface area contributed by atoms with Crippen LogP contribution >= 0.6 is 11.8 Å². The Labute approximate surface area is 117 Å². The van der Waals surface area contributed by atoms with Crippen molar-refractivity contribution in [2.75, 3.05) is 12.9 Å². The third kappa shape index (κ3) is 6.07. The van der Waals surface area contributed by atoms with Gasteiger partial charge in [-0.1, -0.05) is 19.9 Å². The van der Waals surface area contributed by atoms with Crippen molar-refractivity contribution < 1.29 is 13.9 Å². The van der Waals surface area contributed by atoms with Gasteiger partial charge in [-0.2, -0.15) is 0 Å². The molecule has 1 rings (SSSR count). The second-order valence-electron chi connectivity index (χ2n) is 4.47. The number of hydrogen-bond donors (Lipinski definition) is 1. The lowest BCUT2D eigenvalue weighted by Gasteiger charge is -2.09. The summed E-state index contributed by atoms with van der Waals surface area (Å²) in [7, 11) is 1.35. The Bertz CT molecular complexity index is 424. The Morgan fingerprint density at radius 2 is 2.21 bits per heavy atom. The maximum atomic E-state index is 13.8. The van der Waals surface area contributed by atoms with E-state index in [0.717, 1.165) is 5.56 Å². The Morgan fingerprint density at radius 1 is 1.47 bits per heavy atom. The highest BCUT2D eigenvalue weighted by Gasteiger charge is 2.06. The molecule has 0 fully saturated rings. The molecule has 0 aliphatic rings. The highest BCUT2D eigenvalue weighted by molar-refractivity contribution is 7.99. The Balaban J connectivity index is 2.50. The number of carbonyl (C=O) groups excluding carboxylic acids is 1. The molecule has 0 saturated carbocycles. The molecule has 0 heterocycles. The summed E-state index contributed by atoms with van der Waals surface area (Å²) in [5, 5.41) is 3.24. The molecule has 0 amide bonds. The molecule has 1 aromatic rings. The van der Waals surface area contributed by atoms with E-state index >= 15 is 0 Å². The van der Waals surface area contributed by atoms with Gasteiger partial charge in [0.15, 0.2) is 0 Å². The van der Waals surface area contributed by atoms with Gasteiger partial charge < -0.3 is 10.1 Å². The first-order valence-electron chi connectivity index (χ1n) is 6.24. The molecule has 19 heavy (non-hydrogen) atoms. The van der Waals surface area contributed by atoms with Crippen molar-refractivity contribution in [1.29, 1.82) is 0 Å². The molecule has 0 aromatic heterocycles. The molecule has 0 aliphatic heterocycles. The summed E-state index contributed by atoms with van der Waals surface area (Å²) < 4.78 is 18.4. The van der Waals surface area contributed by atoms with E-state index in [9.17, 15) is 9.18 Å². The van der Waals surface area contributed by atoms with Crippen LogP contribution in [0.3, 0.4) is 0 Å². The lowest BCUT2D eigenvalue weighted by molar-refractivity contribution is -0.140. The minimum Gasteiger partial charge on any atom is -0.469 e. The zero-order valence-corrected chi connectivity index (χ0v) is 12.3. The van der Waals surface area contributed by atoms with Gasteiger partial charge in [-0.05, 0) is 17.7 Å². The molecule has 106 valence electrons. The molecule has 0 unspecified atom stereocenters. The van der Waals surface area contributed by atoms with Crippen molar-refractivity contribution in [1.82, 2.24) is 5.32 Å². The van der Waals surface area contributed by atoms with Crippen molar-refractivity contribution in [3.63, 3.8) is 0 Å². The van der Waals surface area contributed by atoms with Crippen LogP contribution in [0.2, 0.25) is 0 Å². The van der Waals surface area contributed by atoms with E-state index in [0.29, 0.717) is 23.2 Å². The van der Waals surface area contributed by atoms with Crippen LogP contribution in [0.15, 0.2) is 23.1 Å². The maximum absolute atomic E-state index is 13.8. The number of methoxy groups -OCH3 is 1. The van der Waals surface area contributed by atoms with Gasteiger partial charge in [-0.3, -0.25) is 4.79 Å². The fourth-order valence-electron chi connectivity index (χ4n) is 1.44. The minimum absolute atomic E-state index is 0.238. The number of ether oxygens (including phenoxy) is 1. The number of thioether (sulfide) groups is 1. The second-order valence-corrected chi connectivity index (χ2v) is 5.61. The second kappa shape index (κ2) is 8.17. The van der Waals surface area contributed by atoms with Crippen LogP contribution in [0, 0.1) is 5.82 Å². The van der Waals surface area contributed by atoms with Crippen molar-refractivity contribution in [2.45, 2.75) is 37.8 Å². The molecule has 5 heteroatoms. The standard InChI is InChI=1S/C14H20FNO2S/c1-10(2)16-9-11-4-5-13(12(15)8-11)19-7-6-14(17)18-3/h4-5,8,10,16H,6-7,9H2,1-3H3. The summed E-state index contributed by atoms with van der Waals surface area (Å²) in [5.74, 6) is 0.0104. The first-order valence-corrected chi connectivity index (χ1v) is 7.23. The van der Waals surface area contributed by atoms with E-state index in [2.05, 4.69) is 10.1 Å². The smallest absolute Gasteiger partial charge is 0.306 e. The maximum Gasteiger partial charge on any atom is 0.306 e. The van der Waals surface area contributed by atoms with Gasteiger partial charge in [0.1, 0.15) is 5.82 Å². The van der Waals surface area contributed by atoms with Gasteiger partial charge in [0.25, 0.3) is 0 Å². The minimum atomic E-state index is -0.273. The van der Waals surface area contributed by atoms with Gasteiger partial charge in [0.2, 0.25) is 0 Å². The summed E-state index contributed by atoms with van der Waals surface area (Å²) >= 11 is 1.33. The van der Waals surface area contributed by atoms with E-state index in [1.807, 2.05) is 19.9 Å². The quantitative estimate of drug-likeness (QED) is 0.617. The van der Waals surface area contributed by atoms with Crippen LogP contribution in [-0.2, 0) is 16.1 Å². The van der Waals surface area contributed by atoms with Crippen LogP contribution in [0.4, 0.5) is 4.39 Å². The summed E-state index contributed by atoms with van der Waals surface area (Å²) in [6, 6.07) is 5.57. The molecule has 0 bridgehead atoms. The topological polar surface area (TPSA) is 38.3 Å². The van der Waals surface area contributed by atoms with Crippen molar-refractivity contribution in [3.05, 3.63) is 29.6 Å². The van der Waals surface area contributed by atoms with Crippen LogP contribution in [0.5, 0.6) is 0 Å². The fourth-order valence-corrected chi connectivity index (χ4v) is 2.29. The first kappa shape index (κ1) is 16.0. The molecule has 1 aromatic carbocycles. The Hall–Kier alpha value is -1.07. The number of rotatable bonds is 7. The molecular weight excluding hydrogens is 265 g/mol. The number of esters is 1. The monoisotopic (exact) mass is 285 g/mol. The first-order chi connectivity index (χ1) is 9.02. The number of hydrogen-bond acceptors (Lipinski definition) is 4. The lowest BCUT2D eigenvalue weighted by atomic mass is 10.2. The average Bonchev–Trinajstić information content (AvgIpc) is 2.38. The van der Waals surface area contributed by atoms with Gasteiger partial charge >= 0.3 is 5.97 Å². The normalized spacial score (nSPS) is 10.8. The highest BCUT2D eigenvalue weighted by Crippen LogP contribution is 2.23. The zero-order valence-electron chi connectivity index (χ0n) is 11.5. The predicted molar refractivity (Wildman–Crippen MR) is 75.7 cm³/mol. The summed E-state index contributed by atoms with van der Waals surface area (Å²) in [5.41, 5.74) is 0.920. The third-order valence-corrected chi connectivity index (χ3v) is 3.55. The molecule has 0 spiro atoms. The Kier molecular flexibility index (Phi) is 6.87. The van der Waals surface area contributed by atoms with Crippen molar-refractivity contribution in [2.24, 2.45) is 0 Å². The van der Waals surface area contributed by atoms with E-state index in [1.54, 1.807) is 6.07 Å². The van der Waals surface area contributed by atoms with Crippen LogP contribution in [0.25, 0.3) is 0 Å². The van der Waals surface area contributed by atoms with Gasteiger partial charge in [0, 0.05) is 23.2 Å². The van der Waals surface area contributed by atoms with Gasteiger partial charge in [-0.15, -0.1) is 11.8 Å². The largest absolute Gasteiger partial charge is 0.469 e. The number of halogens is 1. The van der Waals surface area contributed by atoms with Crippen molar-refractivity contribution >= 4 is 17.7 Å². The molecule has 0 saturated heterocycles. The van der Waals surface area contributed by atoms with Gasteiger partial charge in [0.05, 0.1) is 13.5 Å². The van der Waals surface area contributed by atoms with Crippen LogP contribution in [0.1, 0.15) is 25.8 Å². The molecule has 0 radical (unpaired) electrons. The average molecular weight is 285 g/mol. The van der Waals surface area contributed by atoms with E-state index in [-0.39, 0.29) is 18.2 Å². The predicted octanol–water partition coefficient (Wildman–Crippen LogP) is 2.98. The molecule has 0 atom stereocenters. The number of benzene rings is 1. The summed E-state index contributed by atoms with van der Waals surface area (Å²) in [6.45, 7) is 4.75. The summed E-state index contributed by atoms with van der Waals surface area (Å²) in [4.78, 5) is 11.5. The molecule has 1 N–H and O–H groups in total. The van der Waals surface area contributed by atoms with Crippen LogP contribution in [-0.4, -0.2) is 24.9 Å². The van der Waals surface area contributed by atoms with E-state index < -0.39 is 0 Å². The Morgan fingerprint density at radius 3 is 2.79 bits per heavy atom. The molecule has 0 aliphatic carbocycles. The fraction of sp³-hybridized carbons (Fsp3) is 0.500. The van der Waals surface area contributed by atoms with Crippen LogP contribution < -0.4 is 5.32 Å². The van der Waals surface area contributed by atoms with E-state index in [1.165, 1.54) is 24.9 Å². The number of carbonyl (C=O) groups is 1. The van der Waals surface area contributed by atoms with E-state index in [4.69, 9.17) is 0 Å². The lowest BCUT2D eigenvalue weighted by Crippen LogP contribution is -2.21. The summed E-state index contributed by atoms with van der Waals surface area (Å²) in [6.07, 6.45) is 0.289. The molecular formula is C14H20FNO2S. The van der Waals surface area contributed by atoms with Gasteiger partial charge in [-0.25, -0.2) is 4.39 Å². The molecule has 3 nitrogen and oxygen atoms in total. The zero-order chi connectivity index (χ0) is 14.3. The number of nitrogens with one attached hydrogen (secondary N) is 1. The van der Waals surface area contributed by atoms with Crippen molar-refractivity contribution in [3.8, 4) is 0 Å². The highest BCUT2D eigenvalue weighted by atomic mass is 32.2. The third-order valence-electron chi connectivity index (χ3n) is 2.50. The SMILES string of the molecule is COC(=O)CCSc1ccc(CNC(C)C)cc1F.